The molecule has 0 saturated heterocycles. The van der Waals surface area contributed by atoms with Crippen molar-refractivity contribution in [3.05, 3.63) is 17.7 Å². The van der Waals surface area contributed by atoms with Crippen LogP contribution >= 0.6 is 11.6 Å². The Kier molecular flexibility index (Phi) is 5.13. The minimum absolute atomic E-state index is 0.00862. The molecule has 0 bridgehead atoms. The third-order valence-electron chi connectivity index (χ3n) is 2.59. The Morgan fingerprint density at radius 3 is 2.62 bits per heavy atom. The van der Waals surface area contributed by atoms with E-state index in [0.717, 1.165) is 0 Å². The van der Waals surface area contributed by atoms with Gasteiger partial charge in [0.15, 0.2) is 11.5 Å². The normalized spacial score (nSPS) is 14.3. The molecular formula is C12H11ClF3NO4. The van der Waals surface area contributed by atoms with Crippen LogP contribution < -0.4 is 14.8 Å². The molecule has 1 unspecified atom stereocenters. The van der Waals surface area contributed by atoms with E-state index in [1.807, 2.05) is 0 Å². The molecule has 0 fully saturated rings. The van der Waals surface area contributed by atoms with Crippen molar-refractivity contribution in [3.8, 4) is 11.5 Å². The zero-order valence-corrected chi connectivity index (χ0v) is 11.3. The molecule has 0 spiro atoms. The van der Waals surface area contributed by atoms with Crippen molar-refractivity contribution in [2.75, 3.05) is 18.0 Å². The summed E-state index contributed by atoms with van der Waals surface area (Å²) >= 11 is 5.38. The van der Waals surface area contributed by atoms with E-state index in [0.29, 0.717) is 11.5 Å². The highest BCUT2D eigenvalue weighted by atomic mass is 35.5. The van der Waals surface area contributed by atoms with Crippen molar-refractivity contribution >= 4 is 23.2 Å². The molecule has 1 heterocycles. The molecule has 21 heavy (non-hydrogen) atoms. The quantitative estimate of drug-likeness (QED) is 0.817. The van der Waals surface area contributed by atoms with Crippen molar-refractivity contribution in [1.29, 1.82) is 0 Å². The standard InChI is InChI=1S/C12H11ClF3NO4/c13-3-10(18)17-7-2-9-8(20-5-21-9)1-6(7)4-19-12(16)11(14)15/h1-2,11-12H,3-5H2,(H,17,18). The van der Waals surface area contributed by atoms with Crippen molar-refractivity contribution in [2.45, 2.75) is 19.4 Å². The number of carbonyl (C=O) groups excluding carboxylic acids is 1. The number of ether oxygens (including phenoxy) is 3. The number of carbonyl (C=O) groups is 1. The molecule has 1 aromatic carbocycles. The minimum atomic E-state index is -3.25. The monoisotopic (exact) mass is 325 g/mol. The third kappa shape index (κ3) is 3.92. The Hall–Kier alpha value is -1.67. The van der Waals surface area contributed by atoms with Crippen LogP contribution in [0.25, 0.3) is 0 Å². The van der Waals surface area contributed by atoms with E-state index >= 15 is 0 Å². The maximum Gasteiger partial charge on any atom is 0.293 e. The molecule has 1 N–H and O–H groups in total. The van der Waals surface area contributed by atoms with Crippen LogP contribution in [0.1, 0.15) is 5.56 Å². The van der Waals surface area contributed by atoms with Crippen LogP contribution in [0.15, 0.2) is 12.1 Å². The Balaban J connectivity index is 2.18. The lowest BCUT2D eigenvalue weighted by Gasteiger charge is -2.14. The molecule has 5 nitrogen and oxygen atoms in total. The fourth-order valence-corrected chi connectivity index (χ4v) is 1.71. The van der Waals surface area contributed by atoms with Crippen molar-refractivity contribution in [2.24, 2.45) is 0 Å². The Bertz CT molecular complexity index is 529. The van der Waals surface area contributed by atoms with Crippen LogP contribution in [0.2, 0.25) is 0 Å². The topological polar surface area (TPSA) is 56.8 Å². The van der Waals surface area contributed by atoms with Gasteiger partial charge in [0.25, 0.3) is 12.8 Å². The van der Waals surface area contributed by atoms with Gasteiger partial charge in [-0.25, -0.2) is 13.2 Å². The molecule has 1 amide bonds. The molecule has 1 aliphatic rings. The number of alkyl halides is 4. The first-order valence-corrected chi connectivity index (χ1v) is 6.37. The first-order valence-electron chi connectivity index (χ1n) is 5.83. The van der Waals surface area contributed by atoms with Gasteiger partial charge in [-0.3, -0.25) is 4.79 Å². The van der Waals surface area contributed by atoms with E-state index in [-0.39, 0.29) is 23.9 Å². The first-order chi connectivity index (χ1) is 10.0. The number of fused-ring (bicyclic) bond motifs is 1. The second-order valence-electron chi connectivity index (χ2n) is 4.04. The number of hydrogen-bond donors (Lipinski definition) is 1. The van der Waals surface area contributed by atoms with Gasteiger partial charge in [0.05, 0.1) is 12.3 Å². The van der Waals surface area contributed by atoms with E-state index in [1.54, 1.807) is 0 Å². The van der Waals surface area contributed by atoms with Crippen LogP contribution in [-0.4, -0.2) is 31.4 Å². The number of hydrogen-bond acceptors (Lipinski definition) is 4. The highest BCUT2D eigenvalue weighted by molar-refractivity contribution is 6.29. The summed E-state index contributed by atoms with van der Waals surface area (Å²) in [6, 6.07) is 2.85. The Morgan fingerprint density at radius 2 is 2.00 bits per heavy atom. The second kappa shape index (κ2) is 6.86. The van der Waals surface area contributed by atoms with Crippen LogP contribution in [-0.2, 0) is 16.1 Å². The number of nitrogens with one attached hydrogen (secondary N) is 1. The molecule has 9 heteroatoms. The SMILES string of the molecule is O=C(CCl)Nc1cc2c(cc1COC(F)C(F)F)OCO2. The summed E-state index contributed by atoms with van der Waals surface area (Å²) in [4.78, 5) is 11.3. The summed E-state index contributed by atoms with van der Waals surface area (Å²) in [7, 11) is 0. The van der Waals surface area contributed by atoms with E-state index in [2.05, 4.69) is 10.1 Å². The summed E-state index contributed by atoms with van der Waals surface area (Å²) in [6.45, 7) is -0.481. The first kappa shape index (κ1) is 15.7. The van der Waals surface area contributed by atoms with Gasteiger partial charge < -0.3 is 19.5 Å². The average molecular weight is 326 g/mol. The molecule has 0 aromatic heterocycles. The van der Waals surface area contributed by atoms with Gasteiger partial charge in [-0.2, -0.15) is 0 Å². The predicted octanol–water partition coefficient (Wildman–Crippen LogP) is 2.67. The molecule has 1 aromatic rings. The molecule has 0 radical (unpaired) electrons. The lowest BCUT2D eigenvalue weighted by molar-refractivity contribution is -0.135. The third-order valence-corrected chi connectivity index (χ3v) is 2.83. The highest BCUT2D eigenvalue weighted by Crippen LogP contribution is 2.37. The van der Waals surface area contributed by atoms with E-state index < -0.39 is 25.3 Å². The van der Waals surface area contributed by atoms with Crippen LogP contribution in [0.3, 0.4) is 0 Å². The lowest BCUT2D eigenvalue weighted by Crippen LogP contribution is -2.18. The molecule has 0 saturated carbocycles. The van der Waals surface area contributed by atoms with E-state index in [4.69, 9.17) is 21.1 Å². The minimum Gasteiger partial charge on any atom is -0.454 e. The zero-order valence-electron chi connectivity index (χ0n) is 10.6. The molecule has 0 aliphatic carbocycles. The van der Waals surface area contributed by atoms with Crippen molar-refractivity contribution < 1.29 is 32.2 Å². The number of anilines is 1. The second-order valence-corrected chi connectivity index (χ2v) is 4.31. The average Bonchev–Trinajstić information content (AvgIpc) is 2.91. The lowest BCUT2D eigenvalue weighted by atomic mass is 10.1. The van der Waals surface area contributed by atoms with Crippen LogP contribution in [0.4, 0.5) is 18.9 Å². The van der Waals surface area contributed by atoms with Gasteiger partial charge in [0.2, 0.25) is 12.7 Å². The fourth-order valence-electron chi connectivity index (χ4n) is 1.65. The van der Waals surface area contributed by atoms with Crippen molar-refractivity contribution in [3.63, 3.8) is 0 Å². The maximum absolute atomic E-state index is 12.8. The molecule has 116 valence electrons. The molecule has 2 rings (SSSR count). The van der Waals surface area contributed by atoms with Gasteiger partial charge in [-0.1, -0.05) is 0 Å². The fraction of sp³-hybridized carbons (Fsp3) is 0.417. The van der Waals surface area contributed by atoms with Crippen molar-refractivity contribution in [1.82, 2.24) is 0 Å². The summed E-state index contributed by atoms with van der Waals surface area (Å²) < 4.78 is 51.6. The summed E-state index contributed by atoms with van der Waals surface area (Å²) in [6.07, 6.45) is -5.97. The van der Waals surface area contributed by atoms with Gasteiger partial charge in [-0.05, 0) is 6.07 Å². The largest absolute Gasteiger partial charge is 0.454 e. The zero-order chi connectivity index (χ0) is 15.4. The Labute approximate surface area is 122 Å². The van der Waals surface area contributed by atoms with Gasteiger partial charge in [-0.15, -0.1) is 11.6 Å². The number of amides is 1. The van der Waals surface area contributed by atoms with Crippen LogP contribution in [0, 0.1) is 0 Å². The smallest absolute Gasteiger partial charge is 0.293 e. The summed E-state index contributed by atoms with van der Waals surface area (Å²) in [5.41, 5.74) is 0.493. The predicted molar refractivity (Wildman–Crippen MR) is 67.6 cm³/mol. The maximum atomic E-state index is 12.8. The highest BCUT2D eigenvalue weighted by Gasteiger charge is 2.22. The summed E-state index contributed by atoms with van der Waals surface area (Å²) in [5.74, 6) is -0.0843. The van der Waals surface area contributed by atoms with Gasteiger partial charge >= 0.3 is 0 Å². The Morgan fingerprint density at radius 1 is 1.33 bits per heavy atom. The molecule has 1 aliphatic heterocycles. The summed E-state index contributed by atoms with van der Waals surface area (Å²) in [5, 5.41) is 2.45. The van der Waals surface area contributed by atoms with E-state index in [1.165, 1.54) is 12.1 Å². The molecular weight excluding hydrogens is 315 g/mol. The number of benzene rings is 1. The van der Waals surface area contributed by atoms with Gasteiger partial charge in [0.1, 0.15) is 5.88 Å². The van der Waals surface area contributed by atoms with Gasteiger partial charge in [0, 0.05) is 11.6 Å². The molecule has 1 atom stereocenters. The number of rotatable bonds is 6. The van der Waals surface area contributed by atoms with Crippen LogP contribution in [0.5, 0.6) is 11.5 Å². The number of halogens is 4. The van der Waals surface area contributed by atoms with E-state index in [9.17, 15) is 18.0 Å².